The first-order valence-corrected chi connectivity index (χ1v) is 6.15. The summed E-state index contributed by atoms with van der Waals surface area (Å²) in [7, 11) is 0. The fourth-order valence-corrected chi connectivity index (χ4v) is 2.39. The third kappa shape index (κ3) is 2.45. The Morgan fingerprint density at radius 1 is 1.35 bits per heavy atom. The Kier molecular flexibility index (Phi) is 3.40. The highest BCUT2D eigenvalue weighted by molar-refractivity contribution is 5.56. The largest absolute Gasteiger partial charge is 0.389 e. The molecule has 17 heavy (non-hydrogen) atoms. The molecule has 1 atom stereocenters. The number of rotatable bonds is 2. The molecule has 0 aliphatic carbocycles. The van der Waals surface area contributed by atoms with Gasteiger partial charge in [-0.05, 0) is 26.8 Å². The van der Waals surface area contributed by atoms with E-state index in [2.05, 4.69) is 24.8 Å². The number of aliphatic hydroxyl groups excluding tert-OH is 1. The fourth-order valence-electron chi connectivity index (χ4n) is 2.39. The van der Waals surface area contributed by atoms with Crippen molar-refractivity contribution in [2.75, 3.05) is 24.7 Å². The average Bonchev–Trinajstić information content (AvgIpc) is 2.28. The molecule has 1 aliphatic heterocycles. The highest BCUT2D eigenvalue weighted by Crippen LogP contribution is 2.32. The number of benzene rings is 1. The number of anilines is 1. The molecule has 3 nitrogen and oxygen atoms in total. The minimum atomic E-state index is -0.440. The average molecular weight is 235 g/mol. The quantitative estimate of drug-likeness (QED) is 0.854. The summed E-state index contributed by atoms with van der Waals surface area (Å²) >= 11 is 0. The van der Waals surface area contributed by atoms with Crippen molar-refractivity contribution in [2.24, 2.45) is 0 Å². The van der Waals surface area contributed by atoms with Gasteiger partial charge in [0.15, 0.2) is 0 Å². The Bertz CT molecular complexity index is 388. The molecule has 1 saturated heterocycles. The van der Waals surface area contributed by atoms with Crippen LogP contribution in [0.15, 0.2) is 24.3 Å². The van der Waals surface area contributed by atoms with Gasteiger partial charge in [0.2, 0.25) is 0 Å². The lowest BCUT2D eigenvalue weighted by Gasteiger charge is -2.44. The molecule has 0 radical (unpaired) electrons. The van der Waals surface area contributed by atoms with Gasteiger partial charge in [-0.15, -0.1) is 0 Å². The molecule has 0 spiro atoms. The lowest BCUT2D eigenvalue weighted by Crippen LogP contribution is -2.53. The minimum absolute atomic E-state index is 0.0246. The van der Waals surface area contributed by atoms with Gasteiger partial charge >= 0.3 is 0 Å². The van der Waals surface area contributed by atoms with E-state index in [4.69, 9.17) is 4.74 Å². The summed E-state index contributed by atoms with van der Waals surface area (Å²) in [5, 5.41) is 9.85. The summed E-state index contributed by atoms with van der Waals surface area (Å²) in [6.45, 7) is 8.50. The molecule has 0 bridgehead atoms. The third-order valence-electron chi connectivity index (χ3n) is 3.32. The van der Waals surface area contributed by atoms with Crippen molar-refractivity contribution >= 4 is 5.69 Å². The summed E-state index contributed by atoms with van der Waals surface area (Å²) < 4.78 is 5.53. The van der Waals surface area contributed by atoms with E-state index in [9.17, 15) is 5.11 Å². The van der Waals surface area contributed by atoms with Crippen LogP contribution in [0.3, 0.4) is 0 Å². The molecule has 1 N–H and O–H groups in total. The van der Waals surface area contributed by atoms with Crippen LogP contribution in [-0.2, 0) is 4.74 Å². The van der Waals surface area contributed by atoms with Crippen molar-refractivity contribution in [1.82, 2.24) is 0 Å². The molecule has 1 aliphatic rings. The van der Waals surface area contributed by atoms with Gasteiger partial charge in [0.1, 0.15) is 0 Å². The molecule has 0 saturated carbocycles. The van der Waals surface area contributed by atoms with E-state index in [0.29, 0.717) is 0 Å². The Hall–Kier alpha value is -1.06. The number of ether oxygens (including phenoxy) is 1. The second-order valence-electron chi connectivity index (χ2n) is 5.25. The Labute approximate surface area is 103 Å². The summed E-state index contributed by atoms with van der Waals surface area (Å²) in [4.78, 5) is 2.33. The highest BCUT2D eigenvalue weighted by atomic mass is 16.5. The molecule has 0 aromatic heterocycles. The smallest absolute Gasteiger partial charge is 0.0781 e. The zero-order valence-corrected chi connectivity index (χ0v) is 10.8. The molecule has 1 fully saturated rings. The Balaban J connectivity index is 2.38. The van der Waals surface area contributed by atoms with E-state index >= 15 is 0 Å². The SMILES string of the molecule is CC(O)c1ccccc1N1CCOCC1(C)C. The first-order chi connectivity index (χ1) is 8.02. The third-order valence-corrected chi connectivity index (χ3v) is 3.32. The first kappa shape index (κ1) is 12.4. The van der Waals surface area contributed by atoms with Gasteiger partial charge in [0.25, 0.3) is 0 Å². The molecule has 1 unspecified atom stereocenters. The minimum Gasteiger partial charge on any atom is -0.389 e. The lowest BCUT2D eigenvalue weighted by molar-refractivity contribution is 0.0639. The van der Waals surface area contributed by atoms with E-state index in [1.165, 1.54) is 0 Å². The zero-order valence-electron chi connectivity index (χ0n) is 10.8. The van der Waals surface area contributed by atoms with E-state index in [1.54, 1.807) is 0 Å². The predicted molar refractivity (Wildman–Crippen MR) is 69.3 cm³/mol. The van der Waals surface area contributed by atoms with Gasteiger partial charge in [-0.1, -0.05) is 18.2 Å². The maximum atomic E-state index is 9.85. The monoisotopic (exact) mass is 235 g/mol. The van der Waals surface area contributed by atoms with Crippen LogP contribution < -0.4 is 4.90 Å². The maximum absolute atomic E-state index is 9.85. The van der Waals surface area contributed by atoms with Crippen LogP contribution in [-0.4, -0.2) is 30.4 Å². The van der Waals surface area contributed by atoms with Gasteiger partial charge in [0, 0.05) is 17.8 Å². The van der Waals surface area contributed by atoms with Crippen molar-refractivity contribution < 1.29 is 9.84 Å². The molecule has 1 aromatic rings. The highest BCUT2D eigenvalue weighted by Gasteiger charge is 2.32. The molecule has 94 valence electrons. The van der Waals surface area contributed by atoms with Crippen LogP contribution in [0.25, 0.3) is 0 Å². The van der Waals surface area contributed by atoms with Gasteiger partial charge in [-0.3, -0.25) is 0 Å². The summed E-state index contributed by atoms with van der Waals surface area (Å²) in [6, 6.07) is 8.06. The Morgan fingerprint density at radius 2 is 2.06 bits per heavy atom. The summed E-state index contributed by atoms with van der Waals surface area (Å²) in [5.74, 6) is 0. The molecular weight excluding hydrogens is 214 g/mol. The van der Waals surface area contributed by atoms with Crippen LogP contribution in [0.5, 0.6) is 0 Å². The number of para-hydroxylation sites is 1. The number of morpholine rings is 1. The van der Waals surface area contributed by atoms with Crippen molar-refractivity contribution in [2.45, 2.75) is 32.4 Å². The van der Waals surface area contributed by atoms with Crippen molar-refractivity contribution in [3.8, 4) is 0 Å². The maximum Gasteiger partial charge on any atom is 0.0781 e. The number of hydrogen-bond donors (Lipinski definition) is 1. The molecule has 3 heteroatoms. The molecular formula is C14H21NO2. The van der Waals surface area contributed by atoms with E-state index in [-0.39, 0.29) is 5.54 Å². The predicted octanol–water partition coefficient (Wildman–Crippen LogP) is 2.36. The number of hydrogen-bond acceptors (Lipinski definition) is 3. The normalized spacial score (nSPS) is 21.3. The Morgan fingerprint density at radius 3 is 2.71 bits per heavy atom. The van der Waals surface area contributed by atoms with Crippen LogP contribution >= 0.6 is 0 Å². The van der Waals surface area contributed by atoms with Crippen molar-refractivity contribution in [3.05, 3.63) is 29.8 Å². The van der Waals surface area contributed by atoms with Crippen molar-refractivity contribution in [3.63, 3.8) is 0 Å². The zero-order chi connectivity index (χ0) is 12.5. The van der Waals surface area contributed by atoms with E-state index < -0.39 is 6.10 Å². The van der Waals surface area contributed by atoms with Gasteiger partial charge in [-0.25, -0.2) is 0 Å². The van der Waals surface area contributed by atoms with Gasteiger partial charge < -0.3 is 14.7 Å². The van der Waals surface area contributed by atoms with Crippen molar-refractivity contribution in [1.29, 1.82) is 0 Å². The number of nitrogens with zero attached hydrogens (tertiary/aromatic N) is 1. The van der Waals surface area contributed by atoms with E-state index in [0.717, 1.165) is 31.0 Å². The van der Waals surface area contributed by atoms with Gasteiger partial charge in [0.05, 0.1) is 24.9 Å². The standard InChI is InChI=1S/C14H21NO2/c1-11(16)12-6-4-5-7-13(12)15-8-9-17-10-14(15,2)3/h4-7,11,16H,8-10H2,1-3H3. The van der Waals surface area contributed by atoms with Crippen LogP contribution in [0.2, 0.25) is 0 Å². The molecule has 1 aromatic carbocycles. The summed E-state index contributed by atoms with van der Waals surface area (Å²) in [5.41, 5.74) is 2.08. The van der Waals surface area contributed by atoms with Crippen LogP contribution in [0.1, 0.15) is 32.4 Å². The second kappa shape index (κ2) is 4.67. The topological polar surface area (TPSA) is 32.7 Å². The van der Waals surface area contributed by atoms with E-state index in [1.807, 2.05) is 25.1 Å². The second-order valence-corrected chi connectivity index (χ2v) is 5.25. The van der Waals surface area contributed by atoms with Crippen LogP contribution in [0, 0.1) is 0 Å². The van der Waals surface area contributed by atoms with Gasteiger partial charge in [-0.2, -0.15) is 0 Å². The number of aliphatic hydroxyl groups is 1. The summed E-state index contributed by atoms with van der Waals surface area (Å²) in [6.07, 6.45) is -0.440. The first-order valence-electron chi connectivity index (χ1n) is 6.15. The molecule has 1 heterocycles. The van der Waals surface area contributed by atoms with Crippen LogP contribution in [0.4, 0.5) is 5.69 Å². The fraction of sp³-hybridized carbons (Fsp3) is 0.571. The lowest BCUT2D eigenvalue weighted by atomic mass is 9.98. The molecule has 2 rings (SSSR count). The molecule has 0 amide bonds.